The molecule has 1 N–H and O–H groups in total. The number of benzene rings is 2. The van der Waals surface area contributed by atoms with Gasteiger partial charge in [-0.1, -0.05) is 30.3 Å². The molecule has 0 bridgehead atoms. The summed E-state index contributed by atoms with van der Waals surface area (Å²) in [6.45, 7) is 0. The Morgan fingerprint density at radius 2 is 1.83 bits per heavy atom. The maximum Gasteiger partial charge on any atom is 0.350 e. The predicted molar refractivity (Wildman–Crippen MR) is 95.3 cm³/mol. The zero-order valence-corrected chi connectivity index (χ0v) is 14.5. The summed E-state index contributed by atoms with van der Waals surface area (Å²) < 4.78 is 5.48. The molecule has 0 aliphatic heterocycles. The number of esters is 1. The maximum absolute atomic E-state index is 12.5. The standard InChI is InChI=1S/C17H12BrNO3S/c1-22-17(21)15-13(9-14(18)23-15)19-16(20)12-7-6-10-4-2-3-5-11(10)8-12/h2-9H,1H3,(H,19,20). The third-order valence-corrected chi connectivity index (χ3v) is 4.95. The van der Waals surface area contributed by atoms with E-state index in [0.717, 1.165) is 14.6 Å². The predicted octanol–water partition coefficient (Wildman–Crippen LogP) is 4.70. The fraction of sp³-hybridized carbons (Fsp3) is 0.0588. The highest BCUT2D eigenvalue weighted by Crippen LogP contribution is 2.32. The SMILES string of the molecule is COC(=O)c1sc(Br)cc1NC(=O)c1ccc2ccccc2c1. The minimum absolute atomic E-state index is 0.272. The number of nitrogens with one attached hydrogen (secondary N) is 1. The van der Waals surface area contributed by atoms with Gasteiger partial charge in [-0.3, -0.25) is 4.79 Å². The Morgan fingerprint density at radius 3 is 2.57 bits per heavy atom. The number of amides is 1. The van der Waals surface area contributed by atoms with Gasteiger partial charge in [0.05, 0.1) is 16.6 Å². The lowest BCUT2D eigenvalue weighted by Crippen LogP contribution is -2.13. The fourth-order valence-corrected chi connectivity index (χ4v) is 3.70. The van der Waals surface area contributed by atoms with Crippen LogP contribution in [0.15, 0.2) is 52.3 Å². The molecule has 0 radical (unpaired) electrons. The van der Waals surface area contributed by atoms with Gasteiger partial charge in [0.1, 0.15) is 4.88 Å². The quantitative estimate of drug-likeness (QED) is 0.660. The normalized spacial score (nSPS) is 10.5. The Kier molecular flexibility index (Phi) is 4.45. The van der Waals surface area contributed by atoms with E-state index in [0.29, 0.717) is 16.1 Å². The number of halogens is 1. The smallest absolute Gasteiger partial charge is 0.350 e. The van der Waals surface area contributed by atoms with E-state index in [1.165, 1.54) is 18.4 Å². The molecular formula is C17H12BrNO3S. The summed E-state index contributed by atoms with van der Waals surface area (Å²) in [6.07, 6.45) is 0. The van der Waals surface area contributed by atoms with Crippen molar-refractivity contribution in [3.63, 3.8) is 0 Å². The Morgan fingerprint density at radius 1 is 1.09 bits per heavy atom. The van der Waals surface area contributed by atoms with Crippen molar-refractivity contribution >= 4 is 55.6 Å². The zero-order chi connectivity index (χ0) is 16.4. The highest BCUT2D eigenvalue weighted by molar-refractivity contribution is 9.11. The number of thiophene rings is 1. The number of carbonyl (C=O) groups is 2. The molecule has 2 aromatic carbocycles. The number of ether oxygens (including phenoxy) is 1. The molecule has 0 aliphatic rings. The van der Waals surface area contributed by atoms with Gasteiger partial charge in [-0.05, 0) is 44.9 Å². The van der Waals surface area contributed by atoms with Crippen LogP contribution in [0.3, 0.4) is 0 Å². The second-order valence-corrected chi connectivity index (χ2v) is 7.23. The van der Waals surface area contributed by atoms with E-state index >= 15 is 0 Å². The molecule has 3 rings (SSSR count). The molecule has 0 atom stereocenters. The first-order chi connectivity index (χ1) is 11.1. The lowest BCUT2D eigenvalue weighted by molar-refractivity contribution is 0.0607. The molecule has 4 nitrogen and oxygen atoms in total. The van der Waals surface area contributed by atoms with Gasteiger partial charge in [0.2, 0.25) is 0 Å². The molecule has 23 heavy (non-hydrogen) atoms. The summed E-state index contributed by atoms with van der Waals surface area (Å²) in [7, 11) is 1.31. The molecule has 1 heterocycles. The molecule has 0 saturated carbocycles. The van der Waals surface area contributed by atoms with Crippen molar-refractivity contribution < 1.29 is 14.3 Å². The molecule has 0 saturated heterocycles. The Balaban J connectivity index is 1.90. The molecule has 116 valence electrons. The summed E-state index contributed by atoms with van der Waals surface area (Å²) in [4.78, 5) is 24.6. The minimum atomic E-state index is -0.477. The molecule has 0 fully saturated rings. The van der Waals surface area contributed by atoms with E-state index in [-0.39, 0.29) is 5.91 Å². The van der Waals surface area contributed by atoms with Crippen LogP contribution in [0, 0.1) is 0 Å². The number of anilines is 1. The number of carbonyl (C=O) groups excluding carboxylic acids is 2. The lowest BCUT2D eigenvalue weighted by Gasteiger charge is -2.06. The first-order valence-corrected chi connectivity index (χ1v) is 8.37. The van der Waals surface area contributed by atoms with Crippen LogP contribution in [0.4, 0.5) is 5.69 Å². The first kappa shape index (κ1) is 15.7. The van der Waals surface area contributed by atoms with E-state index in [9.17, 15) is 9.59 Å². The van der Waals surface area contributed by atoms with Crippen LogP contribution in [-0.2, 0) is 4.74 Å². The van der Waals surface area contributed by atoms with Gasteiger partial charge in [-0.2, -0.15) is 0 Å². The highest BCUT2D eigenvalue weighted by Gasteiger charge is 2.18. The molecule has 1 amide bonds. The van der Waals surface area contributed by atoms with Crippen molar-refractivity contribution in [3.8, 4) is 0 Å². The van der Waals surface area contributed by atoms with Crippen molar-refractivity contribution in [2.24, 2.45) is 0 Å². The van der Waals surface area contributed by atoms with Gasteiger partial charge in [-0.15, -0.1) is 11.3 Å². The molecule has 0 aliphatic carbocycles. The Hall–Kier alpha value is -2.18. The number of hydrogen-bond acceptors (Lipinski definition) is 4. The van der Waals surface area contributed by atoms with E-state index in [1.54, 1.807) is 12.1 Å². The van der Waals surface area contributed by atoms with Gasteiger partial charge >= 0.3 is 5.97 Å². The minimum Gasteiger partial charge on any atom is -0.465 e. The zero-order valence-electron chi connectivity index (χ0n) is 12.1. The van der Waals surface area contributed by atoms with Crippen LogP contribution in [-0.4, -0.2) is 19.0 Å². The molecular weight excluding hydrogens is 378 g/mol. The second-order valence-electron chi connectivity index (χ2n) is 4.80. The summed E-state index contributed by atoms with van der Waals surface area (Å²) >= 11 is 4.53. The van der Waals surface area contributed by atoms with Gasteiger partial charge in [-0.25, -0.2) is 4.79 Å². The van der Waals surface area contributed by atoms with Crippen LogP contribution in [0.25, 0.3) is 10.8 Å². The molecule has 0 unspecified atom stereocenters. The Labute approximate surface area is 145 Å². The van der Waals surface area contributed by atoms with E-state index in [4.69, 9.17) is 4.74 Å². The molecule has 3 aromatic rings. The van der Waals surface area contributed by atoms with Gasteiger partial charge in [0.25, 0.3) is 5.91 Å². The van der Waals surface area contributed by atoms with E-state index in [1.807, 2.05) is 36.4 Å². The average Bonchev–Trinajstić information content (AvgIpc) is 2.94. The number of rotatable bonds is 3. The van der Waals surface area contributed by atoms with Crippen molar-refractivity contribution in [1.82, 2.24) is 0 Å². The number of methoxy groups -OCH3 is 1. The van der Waals surface area contributed by atoms with Gasteiger partial charge in [0, 0.05) is 5.56 Å². The van der Waals surface area contributed by atoms with Crippen LogP contribution >= 0.6 is 27.3 Å². The number of fused-ring (bicyclic) bond motifs is 1. The summed E-state index contributed by atoms with van der Waals surface area (Å²) in [5, 5.41) is 4.82. The number of hydrogen-bond donors (Lipinski definition) is 1. The van der Waals surface area contributed by atoms with Crippen molar-refractivity contribution in [2.75, 3.05) is 12.4 Å². The van der Waals surface area contributed by atoms with E-state index < -0.39 is 5.97 Å². The largest absolute Gasteiger partial charge is 0.465 e. The third kappa shape index (κ3) is 3.28. The van der Waals surface area contributed by atoms with Crippen molar-refractivity contribution in [2.45, 2.75) is 0 Å². The van der Waals surface area contributed by atoms with Gasteiger partial charge in [0.15, 0.2) is 0 Å². The topological polar surface area (TPSA) is 55.4 Å². The molecule has 1 aromatic heterocycles. The van der Waals surface area contributed by atoms with Crippen molar-refractivity contribution in [3.05, 3.63) is 62.8 Å². The highest BCUT2D eigenvalue weighted by atomic mass is 79.9. The fourth-order valence-electron chi connectivity index (χ4n) is 2.22. The molecule has 6 heteroatoms. The third-order valence-electron chi connectivity index (χ3n) is 3.33. The second kappa shape index (κ2) is 6.52. The summed E-state index contributed by atoms with van der Waals surface area (Å²) in [5.41, 5.74) is 0.966. The Bertz CT molecular complexity index is 904. The maximum atomic E-state index is 12.5. The van der Waals surface area contributed by atoms with Crippen LogP contribution in [0.1, 0.15) is 20.0 Å². The van der Waals surface area contributed by atoms with Crippen molar-refractivity contribution in [1.29, 1.82) is 0 Å². The molecule has 0 spiro atoms. The monoisotopic (exact) mass is 389 g/mol. The van der Waals surface area contributed by atoms with Gasteiger partial charge < -0.3 is 10.1 Å². The first-order valence-electron chi connectivity index (χ1n) is 6.76. The van der Waals surface area contributed by atoms with Crippen LogP contribution in [0.5, 0.6) is 0 Å². The van der Waals surface area contributed by atoms with Crippen LogP contribution in [0.2, 0.25) is 0 Å². The lowest BCUT2D eigenvalue weighted by atomic mass is 10.1. The average molecular weight is 390 g/mol. The summed E-state index contributed by atoms with van der Waals surface area (Å²) in [6, 6.07) is 15.0. The van der Waals surface area contributed by atoms with Crippen LogP contribution < -0.4 is 5.32 Å². The summed E-state index contributed by atoms with van der Waals surface area (Å²) in [5.74, 6) is -0.749. The van der Waals surface area contributed by atoms with E-state index in [2.05, 4.69) is 21.2 Å².